The maximum absolute atomic E-state index is 12.8. The molecule has 1 N–H and O–H groups in total. The molecule has 2 rings (SSSR count). The number of esters is 1. The van der Waals surface area contributed by atoms with Gasteiger partial charge in [-0.25, -0.2) is 4.39 Å². The predicted molar refractivity (Wildman–Crippen MR) is 97.2 cm³/mol. The summed E-state index contributed by atoms with van der Waals surface area (Å²) in [5.74, 6) is 0.124. The molecule has 0 spiro atoms. The van der Waals surface area contributed by atoms with Gasteiger partial charge in [0.05, 0.1) is 20.1 Å². The maximum atomic E-state index is 12.8. The van der Waals surface area contributed by atoms with Crippen LogP contribution in [0.5, 0.6) is 11.5 Å². The summed E-state index contributed by atoms with van der Waals surface area (Å²) in [4.78, 5) is 23.3. The first-order valence-electron chi connectivity index (χ1n) is 8.50. The van der Waals surface area contributed by atoms with Crippen molar-refractivity contribution in [3.63, 3.8) is 0 Å². The number of halogens is 1. The lowest BCUT2D eigenvalue weighted by molar-refractivity contribution is -0.149. The third-order valence-electron chi connectivity index (χ3n) is 3.65. The van der Waals surface area contributed by atoms with Crippen LogP contribution in [0.25, 0.3) is 0 Å². The summed E-state index contributed by atoms with van der Waals surface area (Å²) in [7, 11) is 1.57. The lowest BCUT2D eigenvalue weighted by Gasteiger charge is -2.08. The van der Waals surface area contributed by atoms with Gasteiger partial charge in [-0.05, 0) is 48.4 Å². The van der Waals surface area contributed by atoms with Crippen molar-refractivity contribution in [2.24, 2.45) is 0 Å². The Bertz CT molecular complexity index is 731. The van der Waals surface area contributed by atoms with E-state index < -0.39 is 5.97 Å². The Morgan fingerprint density at radius 3 is 2.33 bits per heavy atom. The van der Waals surface area contributed by atoms with Crippen LogP contribution in [0.4, 0.5) is 4.39 Å². The maximum Gasteiger partial charge on any atom is 0.309 e. The molecule has 0 aliphatic carbocycles. The lowest BCUT2D eigenvalue weighted by Crippen LogP contribution is -2.30. The highest BCUT2D eigenvalue weighted by Crippen LogP contribution is 2.17. The van der Waals surface area contributed by atoms with E-state index in [1.54, 1.807) is 43.5 Å². The van der Waals surface area contributed by atoms with Gasteiger partial charge in [-0.3, -0.25) is 9.59 Å². The quantitative estimate of drug-likeness (QED) is 0.646. The molecule has 144 valence electrons. The number of carbonyl (C=O) groups is 2. The van der Waals surface area contributed by atoms with E-state index in [-0.39, 0.29) is 31.4 Å². The molecule has 0 aliphatic rings. The number of carbonyl (C=O) groups excluding carboxylic acids is 2. The second-order valence-corrected chi connectivity index (χ2v) is 5.66. The third kappa shape index (κ3) is 7.77. The van der Waals surface area contributed by atoms with Crippen molar-refractivity contribution in [3.05, 3.63) is 59.9 Å². The molecular formula is C20H22FNO5. The second-order valence-electron chi connectivity index (χ2n) is 5.66. The van der Waals surface area contributed by atoms with Crippen LogP contribution in [0.2, 0.25) is 0 Å². The molecule has 0 radical (unpaired) electrons. The van der Waals surface area contributed by atoms with Crippen molar-refractivity contribution in [1.29, 1.82) is 0 Å². The van der Waals surface area contributed by atoms with Crippen LogP contribution < -0.4 is 14.8 Å². The summed E-state index contributed by atoms with van der Waals surface area (Å²) in [5, 5.41) is 2.64. The monoisotopic (exact) mass is 375 g/mol. The number of hydrogen-bond donors (Lipinski definition) is 1. The molecule has 2 aromatic rings. The summed E-state index contributed by atoms with van der Waals surface area (Å²) in [5.41, 5.74) is 0.907. The van der Waals surface area contributed by atoms with Crippen molar-refractivity contribution in [2.45, 2.75) is 12.8 Å². The first-order valence-corrected chi connectivity index (χ1v) is 8.50. The molecule has 2 aromatic carbocycles. The van der Waals surface area contributed by atoms with E-state index in [1.165, 1.54) is 12.1 Å². The molecule has 1 amide bonds. The van der Waals surface area contributed by atoms with E-state index >= 15 is 0 Å². The van der Waals surface area contributed by atoms with Gasteiger partial charge >= 0.3 is 5.97 Å². The molecule has 0 aromatic heterocycles. The Hall–Kier alpha value is -3.09. The average Bonchev–Trinajstić information content (AvgIpc) is 2.68. The first kappa shape index (κ1) is 20.2. The fraction of sp³-hybridized carbons (Fsp3) is 0.300. The Morgan fingerprint density at radius 1 is 1.00 bits per heavy atom. The smallest absolute Gasteiger partial charge is 0.309 e. The van der Waals surface area contributed by atoms with Crippen molar-refractivity contribution in [1.82, 2.24) is 5.32 Å². The van der Waals surface area contributed by atoms with Crippen LogP contribution in [0.3, 0.4) is 0 Å². The molecule has 0 saturated carbocycles. The second kappa shape index (κ2) is 10.8. The minimum absolute atomic E-state index is 0.0366. The molecule has 0 heterocycles. The molecule has 0 aliphatic heterocycles. The average molecular weight is 375 g/mol. The van der Waals surface area contributed by atoms with Crippen LogP contribution in [0, 0.1) is 5.82 Å². The zero-order chi connectivity index (χ0) is 19.5. The molecule has 0 fully saturated rings. The van der Waals surface area contributed by atoms with Gasteiger partial charge in [0.1, 0.15) is 17.3 Å². The fourth-order valence-electron chi connectivity index (χ4n) is 2.19. The summed E-state index contributed by atoms with van der Waals surface area (Å²) < 4.78 is 28.2. The van der Waals surface area contributed by atoms with Gasteiger partial charge in [0.25, 0.3) is 5.91 Å². The first-order chi connectivity index (χ1) is 13.1. The van der Waals surface area contributed by atoms with E-state index in [0.29, 0.717) is 24.5 Å². The van der Waals surface area contributed by atoms with Crippen LogP contribution in [0.15, 0.2) is 48.5 Å². The topological polar surface area (TPSA) is 73.9 Å². The minimum Gasteiger partial charge on any atom is -0.497 e. The largest absolute Gasteiger partial charge is 0.497 e. The molecule has 0 unspecified atom stereocenters. The summed E-state index contributed by atoms with van der Waals surface area (Å²) in [6.45, 7) is 0.185. The number of methoxy groups -OCH3 is 1. The molecule has 7 heteroatoms. The molecule has 6 nitrogen and oxygen atoms in total. The highest BCUT2D eigenvalue weighted by Gasteiger charge is 2.08. The van der Waals surface area contributed by atoms with Crippen molar-refractivity contribution in [2.75, 3.05) is 26.9 Å². The minimum atomic E-state index is -0.516. The van der Waals surface area contributed by atoms with Crippen LogP contribution >= 0.6 is 0 Å². The normalized spacial score (nSPS) is 10.1. The van der Waals surface area contributed by atoms with Crippen LogP contribution in [-0.4, -0.2) is 38.7 Å². The zero-order valence-electron chi connectivity index (χ0n) is 15.1. The van der Waals surface area contributed by atoms with E-state index in [9.17, 15) is 14.0 Å². The Kier molecular flexibility index (Phi) is 8.09. The Balaban J connectivity index is 1.56. The third-order valence-corrected chi connectivity index (χ3v) is 3.65. The fourth-order valence-corrected chi connectivity index (χ4v) is 2.19. The van der Waals surface area contributed by atoms with E-state index in [1.807, 2.05) is 0 Å². The molecular weight excluding hydrogens is 353 g/mol. The van der Waals surface area contributed by atoms with E-state index in [0.717, 1.165) is 5.56 Å². The van der Waals surface area contributed by atoms with Gasteiger partial charge < -0.3 is 19.5 Å². The number of rotatable bonds is 10. The SMILES string of the molecule is COc1ccc(OCCC(=O)OCC(=O)NCCc2ccc(F)cc2)cc1. The van der Waals surface area contributed by atoms with Crippen molar-refractivity contribution < 1.29 is 28.2 Å². The number of benzene rings is 2. The number of nitrogens with one attached hydrogen (secondary N) is 1. The van der Waals surface area contributed by atoms with Gasteiger partial charge in [-0.15, -0.1) is 0 Å². The lowest BCUT2D eigenvalue weighted by atomic mass is 10.1. The summed E-state index contributed by atoms with van der Waals surface area (Å²) in [6.07, 6.45) is 0.602. The standard InChI is InChI=1S/C20H22FNO5/c1-25-17-6-8-18(9-7-17)26-13-11-20(24)27-14-19(23)22-12-10-15-2-4-16(21)5-3-15/h2-9H,10-14H2,1H3,(H,22,23). The Labute approximate surface area is 157 Å². The van der Waals surface area contributed by atoms with E-state index in [2.05, 4.69) is 5.32 Å². The Morgan fingerprint density at radius 2 is 1.67 bits per heavy atom. The molecule has 0 bridgehead atoms. The predicted octanol–water partition coefficient (Wildman–Crippen LogP) is 2.51. The van der Waals surface area contributed by atoms with Gasteiger partial charge in [-0.1, -0.05) is 12.1 Å². The highest BCUT2D eigenvalue weighted by atomic mass is 19.1. The van der Waals surface area contributed by atoms with Gasteiger partial charge in [0, 0.05) is 6.54 Å². The molecule has 27 heavy (non-hydrogen) atoms. The van der Waals surface area contributed by atoms with Gasteiger partial charge in [0.2, 0.25) is 0 Å². The molecule has 0 saturated heterocycles. The van der Waals surface area contributed by atoms with Crippen molar-refractivity contribution in [3.8, 4) is 11.5 Å². The summed E-state index contributed by atoms with van der Waals surface area (Å²) in [6, 6.07) is 13.0. The summed E-state index contributed by atoms with van der Waals surface area (Å²) >= 11 is 0. The number of amides is 1. The highest BCUT2D eigenvalue weighted by molar-refractivity contribution is 5.80. The van der Waals surface area contributed by atoms with E-state index in [4.69, 9.17) is 14.2 Å². The van der Waals surface area contributed by atoms with Crippen LogP contribution in [-0.2, 0) is 20.7 Å². The number of ether oxygens (including phenoxy) is 3. The van der Waals surface area contributed by atoms with Crippen molar-refractivity contribution >= 4 is 11.9 Å². The van der Waals surface area contributed by atoms with Gasteiger partial charge in [0.15, 0.2) is 6.61 Å². The zero-order valence-corrected chi connectivity index (χ0v) is 15.1. The molecule has 0 atom stereocenters. The van der Waals surface area contributed by atoms with Crippen LogP contribution in [0.1, 0.15) is 12.0 Å². The van der Waals surface area contributed by atoms with Gasteiger partial charge in [-0.2, -0.15) is 0 Å². The number of hydrogen-bond acceptors (Lipinski definition) is 5.